The molecule has 0 spiro atoms. The van der Waals surface area contributed by atoms with E-state index >= 15 is 0 Å². The summed E-state index contributed by atoms with van der Waals surface area (Å²) in [4.78, 5) is 15.8. The van der Waals surface area contributed by atoms with Gasteiger partial charge in [0.2, 0.25) is 0 Å². The second-order valence-corrected chi connectivity index (χ2v) is 8.54. The van der Waals surface area contributed by atoms with Crippen LogP contribution in [0, 0.1) is 0 Å². The Morgan fingerprint density at radius 1 is 1.46 bits per heavy atom. The Kier molecular flexibility index (Phi) is 5.50. The van der Waals surface area contributed by atoms with Crippen LogP contribution in [0.1, 0.15) is 38.1 Å². The lowest BCUT2D eigenvalue weighted by atomic mass is 9.95. The first-order chi connectivity index (χ1) is 12.3. The molecule has 1 aliphatic heterocycles. The fraction of sp³-hybridized carbons (Fsp3) is 0.526. The van der Waals surface area contributed by atoms with E-state index in [0.717, 1.165) is 17.6 Å². The summed E-state index contributed by atoms with van der Waals surface area (Å²) in [7, 11) is 0. The first-order valence-corrected chi connectivity index (χ1v) is 10.2. The molecular formula is C19H27N3O3S. The molecular weight excluding hydrogens is 350 g/mol. The first-order valence-electron chi connectivity index (χ1n) is 8.83. The summed E-state index contributed by atoms with van der Waals surface area (Å²) < 4.78 is 5.42. The van der Waals surface area contributed by atoms with Crippen molar-refractivity contribution in [2.45, 2.75) is 44.9 Å². The van der Waals surface area contributed by atoms with Gasteiger partial charge in [-0.3, -0.25) is 0 Å². The van der Waals surface area contributed by atoms with Crippen LogP contribution < -0.4 is 5.32 Å². The molecule has 0 radical (unpaired) electrons. The number of aromatic nitrogens is 1. The lowest BCUT2D eigenvalue weighted by Gasteiger charge is -2.36. The third kappa shape index (κ3) is 4.00. The highest BCUT2D eigenvalue weighted by Gasteiger charge is 2.36. The minimum absolute atomic E-state index is 0.281. The van der Waals surface area contributed by atoms with E-state index in [-0.39, 0.29) is 12.1 Å². The third-order valence-corrected chi connectivity index (χ3v) is 5.18. The van der Waals surface area contributed by atoms with Crippen LogP contribution in [0.5, 0.6) is 0 Å². The lowest BCUT2D eigenvalue weighted by molar-refractivity contribution is -0.141. The molecule has 0 fully saturated rings. The number of nitrogens with one attached hydrogen (secondary N) is 2. The molecule has 1 aliphatic rings. The monoisotopic (exact) mass is 377 g/mol. The van der Waals surface area contributed by atoms with Crippen molar-refractivity contribution in [1.82, 2.24) is 15.4 Å². The second-order valence-electron chi connectivity index (χ2n) is 7.63. The molecule has 0 unspecified atom stereocenters. The van der Waals surface area contributed by atoms with Crippen LogP contribution in [0.4, 0.5) is 4.79 Å². The van der Waals surface area contributed by atoms with Crippen LogP contribution in [0.2, 0.25) is 0 Å². The van der Waals surface area contributed by atoms with E-state index < -0.39 is 11.7 Å². The Labute approximate surface area is 158 Å². The Morgan fingerprint density at radius 2 is 2.19 bits per heavy atom. The van der Waals surface area contributed by atoms with Crippen molar-refractivity contribution >= 4 is 28.8 Å². The van der Waals surface area contributed by atoms with Gasteiger partial charge in [0, 0.05) is 28.9 Å². The topological polar surface area (TPSA) is 77.6 Å². The number of hydrogen-bond donors (Lipinski definition) is 3. The summed E-state index contributed by atoms with van der Waals surface area (Å²) in [5.41, 5.74) is 2.67. The number of benzene rings is 1. The first kappa shape index (κ1) is 19.1. The van der Waals surface area contributed by atoms with E-state index in [1.807, 2.05) is 45.2 Å². The zero-order chi connectivity index (χ0) is 18.9. The molecule has 1 amide bonds. The van der Waals surface area contributed by atoms with Gasteiger partial charge >= 0.3 is 6.09 Å². The summed E-state index contributed by atoms with van der Waals surface area (Å²) >= 11 is 1.62. The smallest absolute Gasteiger partial charge is 0.407 e. The number of hydrogen-bond acceptors (Lipinski definition) is 5. The molecule has 1 aromatic heterocycles. The van der Waals surface area contributed by atoms with E-state index in [4.69, 9.17) is 4.74 Å². The molecule has 1 aromatic carbocycles. The Bertz CT molecular complexity index is 784. The summed E-state index contributed by atoms with van der Waals surface area (Å²) in [5, 5.41) is 16.1. The predicted molar refractivity (Wildman–Crippen MR) is 105 cm³/mol. The van der Waals surface area contributed by atoms with Crippen molar-refractivity contribution in [1.29, 1.82) is 0 Å². The van der Waals surface area contributed by atoms with Gasteiger partial charge in [0.1, 0.15) is 5.60 Å². The number of para-hydroxylation sites is 1. The standard InChI is InChI=1S/C19H27N3O3S/c1-19(2,3)25-18(23)21-15(11-26-4)17-16-13(9-10-22(17)24)12-7-5-6-8-14(12)20-16/h5-8,15,17,20,24H,9-11H2,1-4H3,(H,21,23)/t15-,17+/m0/s1. The number of aromatic amines is 1. The van der Waals surface area contributed by atoms with Gasteiger partial charge in [0.15, 0.2) is 0 Å². The third-order valence-electron chi connectivity index (χ3n) is 4.48. The highest BCUT2D eigenvalue weighted by Crippen LogP contribution is 2.36. The number of nitrogens with zero attached hydrogens (tertiary/aromatic N) is 1. The van der Waals surface area contributed by atoms with E-state index in [0.29, 0.717) is 12.3 Å². The van der Waals surface area contributed by atoms with Gasteiger partial charge in [-0.2, -0.15) is 16.8 Å². The minimum Gasteiger partial charge on any atom is -0.444 e. The largest absolute Gasteiger partial charge is 0.444 e. The van der Waals surface area contributed by atoms with Gasteiger partial charge < -0.3 is 20.2 Å². The van der Waals surface area contributed by atoms with Crippen LogP contribution in [0.15, 0.2) is 24.3 Å². The fourth-order valence-corrected chi connectivity index (χ4v) is 4.14. The number of ether oxygens (including phenoxy) is 1. The maximum absolute atomic E-state index is 12.3. The number of carbonyl (C=O) groups excluding carboxylic acids is 1. The van der Waals surface area contributed by atoms with Gasteiger partial charge in [-0.25, -0.2) is 4.79 Å². The maximum Gasteiger partial charge on any atom is 0.407 e. The molecule has 0 bridgehead atoms. The number of thioether (sulfide) groups is 1. The molecule has 0 aliphatic carbocycles. The van der Waals surface area contributed by atoms with E-state index in [2.05, 4.69) is 16.4 Å². The summed E-state index contributed by atoms with van der Waals surface area (Å²) in [6.45, 7) is 6.04. The van der Waals surface area contributed by atoms with E-state index in [1.165, 1.54) is 16.0 Å². The molecule has 7 heteroatoms. The maximum atomic E-state index is 12.3. The molecule has 3 rings (SSSR count). The molecule has 142 valence electrons. The zero-order valence-electron chi connectivity index (χ0n) is 15.7. The van der Waals surface area contributed by atoms with Crippen molar-refractivity contribution in [3.05, 3.63) is 35.5 Å². The number of rotatable bonds is 4. The Balaban J connectivity index is 1.92. The number of hydroxylamine groups is 2. The van der Waals surface area contributed by atoms with Crippen LogP contribution in [0.25, 0.3) is 10.9 Å². The molecule has 2 heterocycles. The van der Waals surface area contributed by atoms with Crippen molar-refractivity contribution in [3.8, 4) is 0 Å². The van der Waals surface area contributed by atoms with Crippen molar-refractivity contribution in [2.24, 2.45) is 0 Å². The molecule has 0 saturated heterocycles. The fourth-order valence-electron chi connectivity index (χ4n) is 3.52. The summed E-state index contributed by atoms with van der Waals surface area (Å²) in [6.07, 6.45) is 2.29. The van der Waals surface area contributed by atoms with E-state index in [9.17, 15) is 10.0 Å². The highest BCUT2D eigenvalue weighted by molar-refractivity contribution is 7.98. The number of H-pyrrole nitrogens is 1. The Morgan fingerprint density at radius 3 is 2.88 bits per heavy atom. The van der Waals surface area contributed by atoms with E-state index in [1.54, 1.807) is 11.8 Å². The second kappa shape index (κ2) is 7.50. The highest BCUT2D eigenvalue weighted by atomic mass is 32.2. The average Bonchev–Trinajstić information content (AvgIpc) is 2.91. The van der Waals surface area contributed by atoms with Crippen LogP contribution in [-0.2, 0) is 11.2 Å². The number of amides is 1. The molecule has 0 saturated carbocycles. The molecule has 2 aromatic rings. The summed E-state index contributed by atoms with van der Waals surface area (Å²) in [6, 6.07) is 7.53. The number of fused-ring (bicyclic) bond motifs is 3. The predicted octanol–water partition coefficient (Wildman–Crippen LogP) is 3.71. The van der Waals surface area contributed by atoms with Crippen molar-refractivity contribution in [3.63, 3.8) is 0 Å². The Hall–Kier alpha value is -1.70. The zero-order valence-corrected chi connectivity index (χ0v) is 16.5. The molecule has 2 atom stereocenters. The summed E-state index contributed by atoms with van der Waals surface area (Å²) in [5.74, 6) is 0.662. The molecule has 3 N–H and O–H groups in total. The van der Waals surface area contributed by atoms with Gasteiger partial charge in [-0.1, -0.05) is 18.2 Å². The SMILES string of the molecule is CSC[C@H](NC(=O)OC(C)(C)C)[C@@H]1c2[nH]c3ccccc3c2CCN1O. The molecule has 26 heavy (non-hydrogen) atoms. The van der Waals surface area contributed by atoms with Gasteiger partial charge in [0.25, 0.3) is 0 Å². The van der Waals surface area contributed by atoms with Crippen LogP contribution in [0.3, 0.4) is 0 Å². The average molecular weight is 378 g/mol. The van der Waals surface area contributed by atoms with Gasteiger partial charge in [-0.15, -0.1) is 0 Å². The normalized spacial score (nSPS) is 19.2. The van der Waals surface area contributed by atoms with Gasteiger partial charge in [0.05, 0.1) is 12.1 Å². The minimum atomic E-state index is -0.564. The lowest BCUT2D eigenvalue weighted by Crippen LogP contribution is -2.50. The van der Waals surface area contributed by atoms with Crippen LogP contribution >= 0.6 is 11.8 Å². The quantitative estimate of drug-likeness (QED) is 0.757. The molecule has 6 nitrogen and oxygen atoms in total. The number of alkyl carbamates (subject to hydrolysis) is 1. The van der Waals surface area contributed by atoms with Gasteiger partial charge in [-0.05, 0) is 45.1 Å². The van der Waals surface area contributed by atoms with Crippen LogP contribution in [-0.4, -0.2) is 51.5 Å². The number of carbonyl (C=O) groups is 1. The van der Waals surface area contributed by atoms with Crippen molar-refractivity contribution < 1.29 is 14.7 Å². The van der Waals surface area contributed by atoms with Crippen molar-refractivity contribution in [2.75, 3.05) is 18.6 Å².